The smallest absolute Gasteiger partial charge is 0.156 e. The molecule has 0 spiro atoms. The van der Waals surface area contributed by atoms with Crippen molar-refractivity contribution in [3.8, 4) is 0 Å². The van der Waals surface area contributed by atoms with Gasteiger partial charge in [0, 0.05) is 19.1 Å². The summed E-state index contributed by atoms with van der Waals surface area (Å²) in [7, 11) is -2.99. The molecule has 1 aliphatic carbocycles. The van der Waals surface area contributed by atoms with E-state index in [2.05, 4.69) is 10.2 Å². The number of hydrogen-bond acceptors (Lipinski definition) is 4. The van der Waals surface area contributed by atoms with Gasteiger partial charge in [0.25, 0.3) is 0 Å². The molecule has 0 unspecified atom stereocenters. The summed E-state index contributed by atoms with van der Waals surface area (Å²) in [5.41, 5.74) is 0. The Kier molecular flexibility index (Phi) is 5.14. The highest BCUT2D eigenvalue weighted by atomic mass is 32.2. The first-order valence-corrected chi connectivity index (χ1v) is 9.62. The van der Waals surface area contributed by atoms with Crippen LogP contribution < -0.4 is 5.32 Å². The van der Waals surface area contributed by atoms with Crippen molar-refractivity contribution in [2.75, 3.05) is 31.9 Å². The van der Waals surface area contributed by atoms with Gasteiger partial charge in [-0.15, -0.1) is 0 Å². The van der Waals surface area contributed by atoms with E-state index in [0.717, 1.165) is 25.6 Å². The van der Waals surface area contributed by atoms with E-state index in [1.54, 1.807) is 20.8 Å². The van der Waals surface area contributed by atoms with Gasteiger partial charge in [-0.25, -0.2) is 8.42 Å². The van der Waals surface area contributed by atoms with E-state index in [1.165, 1.54) is 25.7 Å². The van der Waals surface area contributed by atoms with Crippen molar-refractivity contribution in [3.05, 3.63) is 0 Å². The second-order valence-corrected chi connectivity index (χ2v) is 10.2. The molecule has 4 nitrogen and oxygen atoms in total. The lowest BCUT2D eigenvalue weighted by molar-refractivity contribution is 0.206. The molecule has 20 heavy (non-hydrogen) atoms. The molecule has 0 atom stereocenters. The maximum atomic E-state index is 12.3. The molecule has 1 N–H and O–H groups in total. The van der Waals surface area contributed by atoms with Gasteiger partial charge in [0.05, 0.1) is 10.5 Å². The van der Waals surface area contributed by atoms with Gasteiger partial charge in [-0.05, 0) is 65.5 Å². The Morgan fingerprint density at radius 2 is 1.70 bits per heavy atom. The van der Waals surface area contributed by atoms with Crippen LogP contribution in [0, 0.1) is 5.92 Å². The summed E-state index contributed by atoms with van der Waals surface area (Å²) in [6.07, 6.45) is 4.96. The third-order valence-corrected chi connectivity index (χ3v) is 7.18. The molecule has 5 heteroatoms. The molecule has 2 aliphatic rings. The minimum Gasteiger partial charge on any atom is -0.317 e. The van der Waals surface area contributed by atoms with Crippen molar-refractivity contribution in [1.82, 2.24) is 10.2 Å². The molecule has 118 valence electrons. The maximum absolute atomic E-state index is 12.3. The average molecular weight is 302 g/mol. The first-order chi connectivity index (χ1) is 9.29. The topological polar surface area (TPSA) is 49.4 Å². The van der Waals surface area contributed by atoms with E-state index < -0.39 is 14.6 Å². The molecule has 1 aliphatic heterocycles. The van der Waals surface area contributed by atoms with E-state index in [-0.39, 0.29) is 0 Å². The van der Waals surface area contributed by atoms with Crippen molar-refractivity contribution in [1.29, 1.82) is 0 Å². The van der Waals surface area contributed by atoms with Crippen molar-refractivity contribution >= 4 is 9.84 Å². The largest absolute Gasteiger partial charge is 0.317 e. The number of rotatable bonds is 6. The standard InChI is InChI=1S/C15H30N2O2S/c1-15(2,3)20(18,19)11-10-17(14-4-5-14)12-13-6-8-16-9-7-13/h13-14,16H,4-12H2,1-3H3. The molecule has 0 amide bonds. The molecule has 0 aromatic heterocycles. The zero-order chi connectivity index (χ0) is 14.8. The Bertz CT molecular complexity index is 404. The molecule has 1 saturated carbocycles. The molecule has 0 bridgehead atoms. The first kappa shape index (κ1) is 16.2. The predicted octanol–water partition coefficient (Wildman–Crippen LogP) is 1.66. The Labute approximate surface area is 124 Å². The van der Waals surface area contributed by atoms with Crippen LogP contribution in [0.25, 0.3) is 0 Å². The molecule has 0 radical (unpaired) electrons. The molecule has 0 aromatic rings. The van der Waals surface area contributed by atoms with Crippen molar-refractivity contribution < 1.29 is 8.42 Å². The van der Waals surface area contributed by atoms with Crippen molar-refractivity contribution in [2.24, 2.45) is 5.92 Å². The third-order valence-electron chi connectivity index (χ3n) is 4.59. The number of nitrogens with one attached hydrogen (secondary N) is 1. The normalized spacial score (nSPS) is 22.4. The Morgan fingerprint density at radius 3 is 2.20 bits per heavy atom. The molecule has 0 aromatic carbocycles. The van der Waals surface area contributed by atoms with Gasteiger partial charge < -0.3 is 5.32 Å². The van der Waals surface area contributed by atoms with Crippen LogP contribution in [0.15, 0.2) is 0 Å². The van der Waals surface area contributed by atoms with Crippen LogP contribution in [0.3, 0.4) is 0 Å². The van der Waals surface area contributed by atoms with E-state index in [9.17, 15) is 8.42 Å². The van der Waals surface area contributed by atoms with Crippen LogP contribution >= 0.6 is 0 Å². The van der Waals surface area contributed by atoms with Gasteiger partial charge in [-0.1, -0.05) is 0 Å². The maximum Gasteiger partial charge on any atom is 0.156 e. The van der Waals surface area contributed by atoms with E-state index >= 15 is 0 Å². The Morgan fingerprint density at radius 1 is 1.10 bits per heavy atom. The number of hydrogen-bond donors (Lipinski definition) is 1. The van der Waals surface area contributed by atoms with E-state index in [0.29, 0.717) is 18.3 Å². The van der Waals surface area contributed by atoms with Crippen LogP contribution in [0.2, 0.25) is 0 Å². The predicted molar refractivity (Wildman–Crippen MR) is 83.7 cm³/mol. The summed E-state index contributed by atoms with van der Waals surface area (Å²) in [4.78, 5) is 2.44. The lowest BCUT2D eigenvalue weighted by atomic mass is 9.97. The quantitative estimate of drug-likeness (QED) is 0.811. The summed E-state index contributed by atoms with van der Waals surface area (Å²) >= 11 is 0. The lowest BCUT2D eigenvalue weighted by Crippen LogP contribution is -2.41. The fourth-order valence-electron chi connectivity index (χ4n) is 2.80. The zero-order valence-electron chi connectivity index (χ0n) is 13.2. The summed E-state index contributed by atoms with van der Waals surface area (Å²) in [5.74, 6) is 1.05. The fourth-order valence-corrected chi connectivity index (χ4v) is 3.89. The number of sulfone groups is 1. The van der Waals surface area contributed by atoms with E-state index in [1.807, 2.05) is 0 Å². The molecular formula is C15H30N2O2S. The zero-order valence-corrected chi connectivity index (χ0v) is 14.0. The number of piperidine rings is 1. The summed E-state index contributed by atoms with van der Waals surface area (Å²) < 4.78 is 23.9. The Balaban J connectivity index is 1.86. The minimum atomic E-state index is -2.99. The Hall–Kier alpha value is -0.130. The summed E-state index contributed by atoms with van der Waals surface area (Å²) in [6, 6.07) is 0.653. The highest BCUT2D eigenvalue weighted by Gasteiger charge is 2.34. The van der Waals surface area contributed by atoms with Crippen molar-refractivity contribution in [3.63, 3.8) is 0 Å². The molecular weight excluding hydrogens is 272 g/mol. The molecule has 1 heterocycles. The molecule has 2 rings (SSSR count). The van der Waals surface area contributed by atoms with Crippen LogP contribution in [-0.4, -0.2) is 56.0 Å². The van der Waals surface area contributed by atoms with Crippen LogP contribution in [0.5, 0.6) is 0 Å². The van der Waals surface area contributed by atoms with E-state index in [4.69, 9.17) is 0 Å². The first-order valence-electron chi connectivity index (χ1n) is 7.97. The van der Waals surface area contributed by atoms with Crippen LogP contribution in [0.4, 0.5) is 0 Å². The molecule has 1 saturated heterocycles. The monoisotopic (exact) mass is 302 g/mol. The highest BCUT2D eigenvalue weighted by molar-refractivity contribution is 7.92. The average Bonchev–Trinajstić information content (AvgIpc) is 3.18. The van der Waals surface area contributed by atoms with Gasteiger partial charge in [0.1, 0.15) is 0 Å². The lowest BCUT2D eigenvalue weighted by Gasteiger charge is -2.31. The van der Waals surface area contributed by atoms with Gasteiger partial charge in [-0.2, -0.15) is 0 Å². The third kappa shape index (κ3) is 4.43. The van der Waals surface area contributed by atoms with Crippen LogP contribution in [0.1, 0.15) is 46.5 Å². The van der Waals surface area contributed by atoms with Gasteiger partial charge in [0.15, 0.2) is 9.84 Å². The second-order valence-electron chi connectivity index (χ2n) is 7.35. The second kappa shape index (κ2) is 6.32. The van der Waals surface area contributed by atoms with Crippen LogP contribution in [-0.2, 0) is 9.84 Å². The minimum absolute atomic E-state index is 0.304. The van der Waals surface area contributed by atoms with Gasteiger partial charge in [-0.3, -0.25) is 4.90 Å². The van der Waals surface area contributed by atoms with Gasteiger partial charge in [0.2, 0.25) is 0 Å². The van der Waals surface area contributed by atoms with Crippen molar-refractivity contribution in [2.45, 2.75) is 57.2 Å². The highest BCUT2D eigenvalue weighted by Crippen LogP contribution is 2.29. The SMILES string of the molecule is CC(C)(C)S(=O)(=O)CCN(CC1CCNCC1)C1CC1. The molecule has 2 fully saturated rings. The summed E-state index contributed by atoms with van der Waals surface area (Å²) in [6.45, 7) is 9.44. The number of nitrogens with zero attached hydrogens (tertiary/aromatic N) is 1. The van der Waals surface area contributed by atoms with Gasteiger partial charge >= 0.3 is 0 Å². The fraction of sp³-hybridized carbons (Fsp3) is 1.00. The summed E-state index contributed by atoms with van der Waals surface area (Å²) in [5, 5.41) is 3.39.